The molecule has 0 saturated carbocycles. The van der Waals surface area contributed by atoms with Crippen LogP contribution in [0.15, 0.2) is 58.9 Å². The molecule has 9 nitrogen and oxygen atoms in total. The minimum absolute atomic E-state index is 0.0133. The van der Waals surface area contributed by atoms with Crippen LogP contribution in [0.3, 0.4) is 0 Å². The summed E-state index contributed by atoms with van der Waals surface area (Å²) < 4.78 is 12.6. The molecule has 0 amide bonds. The van der Waals surface area contributed by atoms with Crippen LogP contribution in [-0.4, -0.2) is 52.3 Å². The topological polar surface area (TPSA) is 130 Å². The maximum Gasteiger partial charge on any atom is 0.335 e. The number of allylic oxidation sites excluding steroid dienone is 4. The number of halogens is 1. The fourth-order valence-electron chi connectivity index (χ4n) is 5.97. The molecule has 214 valence electrons. The van der Waals surface area contributed by atoms with Gasteiger partial charge < -0.3 is 24.6 Å². The number of rotatable bonds is 9. The second-order valence-corrected chi connectivity index (χ2v) is 11.5. The standard InChI is InChI=1S/C31H30INO8/c1-40-25-15-19(14-20(32)30(25)41-16-17-8-10-18(11-9-17)31(38)39)27-28-21(4-2-6-23(28)34)33(13-12-26(36)37)22-5-3-7-24(35)29(22)27/h8-11,14-15,27H,2-7,12-13,16H2,1H3,(H,36,37)(H,38,39). The number of ether oxygens (including phenoxy) is 2. The Morgan fingerprint density at radius 1 is 0.951 bits per heavy atom. The molecule has 0 radical (unpaired) electrons. The summed E-state index contributed by atoms with van der Waals surface area (Å²) in [5.74, 6) is -1.54. The van der Waals surface area contributed by atoms with E-state index in [0.29, 0.717) is 61.2 Å². The molecule has 2 aromatic carbocycles. The van der Waals surface area contributed by atoms with Gasteiger partial charge in [0, 0.05) is 47.8 Å². The van der Waals surface area contributed by atoms with Gasteiger partial charge in [-0.05, 0) is 83.7 Å². The number of carbonyl (C=O) groups excluding carboxylic acids is 2. The molecule has 2 N–H and O–H groups in total. The Morgan fingerprint density at radius 2 is 1.56 bits per heavy atom. The van der Waals surface area contributed by atoms with Crippen molar-refractivity contribution in [3.63, 3.8) is 0 Å². The lowest BCUT2D eigenvalue weighted by atomic mass is 9.71. The van der Waals surface area contributed by atoms with E-state index in [9.17, 15) is 24.3 Å². The summed E-state index contributed by atoms with van der Waals surface area (Å²) in [5, 5.41) is 18.5. The molecule has 2 aliphatic carbocycles. The lowest BCUT2D eigenvalue weighted by molar-refractivity contribution is -0.137. The van der Waals surface area contributed by atoms with Crippen molar-refractivity contribution in [2.75, 3.05) is 13.7 Å². The Labute approximate surface area is 251 Å². The second-order valence-electron chi connectivity index (χ2n) is 10.3. The Bertz CT molecular complexity index is 1450. The number of hydrogen-bond donors (Lipinski definition) is 2. The van der Waals surface area contributed by atoms with Gasteiger partial charge in [-0.15, -0.1) is 0 Å². The number of Topliss-reactive ketones (excluding diaryl/α,β-unsaturated/α-hetero) is 2. The molecular formula is C31H30INO8. The molecular weight excluding hydrogens is 641 g/mol. The van der Waals surface area contributed by atoms with Gasteiger partial charge in [0.15, 0.2) is 23.1 Å². The van der Waals surface area contributed by atoms with E-state index in [1.807, 2.05) is 17.0 Å². The zero-order valence-electron chi connectivity index (χ0n) is 22.6. The van der Waals surface area contributed by atoms with Crippen LogP contribution in [0.5, 0.6) is 11.5 Å². The first-order valence-corrected chi connectivity index (χ1v) is 14.6. The Morgan fingerprint density at radius 3 is 2.10 bits per heavy atom. The van der Waals surface area contributed by atoms with Crippen molar-refractivity contribution in [1.82, 2.24) is 4.90 Å². The number of benzene rings is 2. The molecule has 0 unspecified atom stereocenters. The third-order valence-electron chi connectivity index (χ3n) is 7.80. The molecule has 3 aliphatic rings. The number of ketones is 2. The fraction of sp³-hybridized carbons (Fsp3) is 0.355. The normalized spacial score (nSPS) is 17.4. The molecule has 0 spiro atoms. The maximum absolute atomic E-state index is 13.5. The highest BCUT2D eigenvalue weighted by atomic mass is 127. The minimum atomic E-state index is -0.999. The predicted molar refractivity (Wildman–Crippen MR) is 157 cm³/mol. The Balaban J connectivity index is 1.55. The van der Waals surface area contributed by atoms with E-state index in [1.54, 1.807) is 12.1 Å². The first-order chi connectivity index (χ1) is 19.7. The number of carbonyl (C=O) groups is 4. The van der Waals surface area contributed by atoms with Crippen LogP contribution < -0.4 is 9.47 Å². The highest BCUT2D eigenvalue weighted by molar-refractivity contribution is 14.1. The van der Waals surface area contributed by atoms with Crippen LogP contribution in [0.4, 0.5) is 0 Å². The predicted octanol–water partition coefficient (Wildman–Crippen LogP) is 5.47. The number of hydrogen-bond acceptors (Lipinski definition) is 7. The molecule has 2 aromatic rings. The van der Waals surface area contributed by atoms with Gasteiger partial charge in [0.05, 0.1) is 22.7 Å². The maximum atomic E-state index is 13.5. The van der Waals surface area contributed by atoms with E-state index >= 15 is 0 Å². The van der Waals surface area contributed by atoms with Gasteiger partial charge in [-0.3, -0.25) is 14.4 Å². The number of aliphatic carboxylic acids is 1. The summed E-state index contributed by atoms with van der Waals surface area (Å²) in [5.41, 5.74) is 4.57. The fourth-order valence-corrected chi connectivity index (χ4v) is 6.75. The highest BCUT2D eigenvalue weighted by Crippen LogP contribution is 2.50. The van der Waals surface area contributed by atoms with Crippen molar-refractivity contribution in [2.24, 2.45) is 0 Å². The van der Waals surface area contributed by atoms with E-state index in [4.69, 9.17) is 14.6 Å². The molecule has 41 heavy (non-hydrogen) atoms. The van der Waals surface area contributed by atoms with Gasteiger partial charge >= 0.3 is 11.9 Å². The zero-order valence-corrected chi connectivity index (χ0v) is 24.7. The molecule has 0 fully saturated rings. The molecule has 0 saturated heterocycles. The van der Waals surface area contributed by atoms with Crippen LogP contribution in [0.2, 0.25) is 0 Å². The van der Waals surface area contributed by atoms with Gasteiger partial charge in [-0.2, -0.15) is 0 Å². The Kier molecular flexibility index (Phi) is 8.48. The molecule has 0 aromatic heterocycles. The lowest BCUT2D eigenvalue weighted by Crippen LogP contribution is -2.40. The molecule has 5 rings (SSSR count). The quantitative estimate of drug-likeness (QED) is 0.334. The second kappa shape index (κ2) is 12.1. The molecule has 10 heteroatoms. The van der Waals surface area contributed by atoms with Crippen molar-refractivity contribution in [2.45, 2.75) is 57.5 Å². The van der Waals surface area contributed by atoms with Crippen LogP contribution >= 0.6 is 22.6 Å². The smallest absolute Gasteiger partial charge is 0.335 e. The van der Waals surface area contributed by atoms with Crippen molar-refractivity contribution in [1.29, 1.82) is 0 Å². The van der Waals surface area contributed by atoms with E-state index in [2.05, 4.69) is 22.6 Å². The van der Waals surface area contributed by atoms with Gasteiger partial charge in [-0.25, -0.2) is 4.79 Å². The van der Waals surface area contributed by atoms with Crippen LogP contribution in [0, 0.1) is 3.57 Å². The summed E-state index contributed by atoms with van der Waals surface area (Å²) in [6.45, 7) is 0.413. The average molecular weight is 671 g/mol. The first kappa shape index (κ1) is 28.8. The number of carboxylic acid groups (broad SMARTS) is 2. The zero-order chi connectivity index (χ0) is 29.3. The molecule has 0 atom stereocenters. The Hall–Kier alpha value is -3.67. The van der Waals surface area contributed by atoms with E-state index in [-0.39, 0.29) is 36.7 Å². The van der Waals surface area contributed by atoms with Crippen molar-refractivity contribution in [3.8, 4) is 11.5 Å². The number of nitrogens with zero attached hydrogens (tertiary/aromatic N) is 1. The van der Waals surface area contributed by atoms with Crippen LogP contribution in [0.25, 0.3) is 0 Å². The largest absolute Gasteiger partial charge is 0.493 e. The van der Waals surface area contributed by atoms with Gasteiger partial charge in [0.2, 0.25) is 0 Å². The summed E-state index contributed by atoms with van der Waals surface area (Å²) in [6, 6.07) is 10.2. The van der Waals surface area contributed by atoms with E-state index < -0.39 is 17.9 Å². The van der Waals surface area contributed by atoms with Crippen molar-refractivity contribution >= 4 is 46.1 Å². The highest BCUT2D eigenvalue weighted by Gasteiger charge is 2.43. The summed E-state index contributed by atoms with van der Waals surface area (Å²) in [6.07, 6.45) is 3.36. The van der Waals surface area contributed by atoms with Crippen molar-refractivity contribution in [3.05, 3.63) is 79.2 Å². The molecule has 0 bridgehead atoms. The molecule has 1 aliphatic heterocycles. The van der Waals surface area contributed by atoms with Gasteiger partial charge in [0.1, 0.15) is 6.61 Å². The lowest BCUT2D eigenvalue weighted by Gasteiger charge is -2.44. The van der Waals surface area contributed by atoms with Crippen LogP contribution in [-0.2, 0) is 21.0 Å². The van der Waals surface area contributed by atoms with Crippen LogP contribution in [0.1, 0.15) is 72.3 Å². The SMILES string of the molecule is COc1cc(C2C3=C(CCCC3=O)N(CCC(=O)O)C3=C2C(=O)CCC3)cc(I)c1OCc1ccc(C(=O)O)cc1. The van der Waals surface area contributed by atoms with Gasteiger partial charge in [-0.1, -0.05) is 12.1 Å². The average Bonchev–Trinajstić information content (AvgIpc) is 2.95. The first-order valence-electron chi connectivity index (χ1n) is 13.5. The van der Waals surface area contributed by atoms with E-state index in [1.165, 1.54) is 19.2 Å². The monoisotopic (exact) mass is 671 g/mol. The van der Waals surface area contributed by atoms with E-state index in [0.717, 1.165) is 26.1 Å². The minimum Gasteiger partial charge on any atom is -0.493 e. The van der Waals surface area contributed by atoms with Gasteiger partial charge in [0.25, 0.3) is 0 Å². The third kappa shape index (κ3) is 5.74. The van der Waals surface area contributed by atoms with Crippen molar-refractivity contribution < 1.29 is 38.9 Å². The molecule has 1 heterocycles. The summed E-state index contributed by atoms with van der Waals surface area (Å²) in [4.78, 5) is 51.5. The summed E-state index contributed by atoms with van der Waals surface area (Å²) in [7, 11) is 1.53. The third-order valence-corrected chi connectivity index (χ3v) is 8.61. The number of carboxylic acids is 2. The number of methoxy groups -OCH3 is 1. The number of aromatic carboxylic acids is 1. The summed E-state index contributed by atoms with van der Waals surface area (Å²) >= 11 is 2.16.